The predicted octanol–water partition coefficient (Wildman–Crippen LogP) is 4.34. The molecule has 0 N–H and O–H groups in total. The van der Waals surface area contributed by atoms with E-state index in [1.54, 1.807) is 0 Å². The molecular formula is C16H14F2O. The van der Waals surface area contributed by atoms with Gasteiger partial charge in [-0.25, -0.2) is 8.78 Å². The van der Waals surface area contributed by atoms with E-state index in [1.807, 2.05) is 37.3 Å². The molecule has 0 aromatic heterocycles. The van der Waals surface area contributed by atoms with Gasteiger partial charge < -0.3 is 0 Å². The number of halogens is 2. The lowest BCUT2D eigenvalue weighted by atomic mass is 9.88. The van der Waals surface area contributed by atoms with Crippen LogP contribution in [0.15, 0.2) is 48.5 Å². The molecule has 0 radical (unpaired) electrons. The molecule has 0 aliphatic carbocycles. The Labute approximate surface area is 110 Å². The number of benzene rings is 2. The summed E-state index contributed by atoms with van der Waals surface area (Å²) in [7, 11) is 0. The van der Waals surface area contributed by atoms with E-state index in [0.29, 0.717) is 6.42 Å². The molecule has 1 unspecified atom stereocenters. The molecule has 0 fully saturated rings. The number of Topliss-reactive ketones (excluding diaryl/α,β-unsaturated/α-hetero) is 1. The Kier molecular flexibility index (Phi) is 4.05. The molecule has 0 aliphatic rings. The first kappa shape index (κ1) is 13.4. The van der Waals surface area contributed by atoms with E-state index in [1.165, 1.54) is 0 Å². The first-order valence-electron chi connectivity index (χ1n) is 6.17. The summed E-state index contributed by atoms with van der Waals surface area (Å²) >= 11 is 0. The largest absolute Gasteiger partial charge is 0.293 e. The fraction of sp³-hybridized carbons (Fsp3) is 0.188. The van der Waals surface area contributed by atoms with E-state index in [-0.39, 0.29) is 11.3 Å². The lowest BCUT2D eigenvalue weighted by molar-refractivity contribution is 0.0953. The second-order valence-electron chi connectivity index (χ2n) is 4.36. The fourth-order valence-corrected chi connectivity index (χ4v) is 2.13. The quantitative estimate of drug-likeness (QED) is 0.747. The van der Waals surface area contributed by atoms with Crippen LogP contribution in [0.1, 0.15) is 35.2 Å². The van der Waals surface area contributed by atoms with Crippen LogP contribution in [0.25, 0.3) is 0 Å². The van der Waals surface area contributed by atoms with Crippen LogP contribution >= 0.6 is 0 Å². The molecule has 1 nitrogen and oxygen atoms in total. The molecular weight excluding hydrogens is 246 g/mol. The zero-order valence-corrected chi connectivity index (χ0v) is 10.6. The Morgan fingerprint density at radius 3 is 2.42 bits per heavy atom. The summed E-state index contributed by atoms with van der Waals surface area (Å²) in [4.78, 5) is 12.3. The third kappa shape index (κ3) is 2.87. The van der Waals surface area contributed by atoms with Crippen molar-refractivity contribution in [1.29, 1.82) is 0 Å². The van der Waals surface area contributed by atoms with E-state index in [2.05, 4.69) is 0 Å². The number of ketones is 1. The molecule has 0 bridgehead atoms. The molecule has 0 heterocycles. The lowest BCUT2D eigenvalue weighted by Crippen LogP contribution is -2.14. The maximum Gasteiger partial charge on any atom is 0.173 e. The average molecular weight is 260 g/mol. The SMILES string of the molecule is CCC(C(=O)c1cc(F)ccc1F)c1ccccc1. The average Bonchev–Trinajstić information content (AvgIpc) is 2.43. The van der Waals surface area contributed by atoms with E-state index < -0.39 is 17.6 Å². The second kappa shape index (κ2) is 5.74. The Morgan fingerprint density at radius 2 is 1.79 bits per heavy atom. The van der Waals surface area contributed by atoms with Gasteiger partial charge in [0.15, 0.2) is 5.78 Å². The summed E-state index contributed by atoms with van der Waals surface area (Å²) in [5, 5.41) is 0. The van der Waals surface area contributed by atoms with Crippen molar-refractivity contribution in [2.24, 2.45) is 0 Å². The van der Waals surface area contributed by atoms with Gasteiger partial charge in [0.25, 0.3) is 0 Å². The predicted molar refractivity (Wildman–Crippen MR) is 70.2 cm³/mol. The molecule has 0 aliphatic heterocycles. The van der Waals surface area contributed by atoms with Crippen LogP contribution in [0.2, 0.25) is 0 Å². The Bertz CT molecular complexity index is 579. The minimum atomic E-state index is -0.680. The topological polar surface area (TPSA) is 17.1 Å². The van der Waals surface area contributed by atoms with Gasteiger partial charge in [0.2, 0.25) is 0 Å². The standard InChI is InChI=1S/C16H14F2O/c1-2-13(11-6-4-3-5-7-11)16(19)14-10-12(17)8-9-15(14)18/h3-10,13H,2H2,1H3. The summed E-state index contributed by atoms with van der Waals surface area (Å²) < 4.78 is 26.8. The van der Waals surface area contributed by atoms with Crippen molar-refractivity contribution in [1.82, 2.24) is 0 Å². The maximum atomic E-state index is 13.6. The van der Waals surface area contributed by atoms with Gasteiger partial charge in [-0.2, -0.15) is 0 Å². The van der Waals surface area contributed by atoms with Crippen LogP contribution in [0, 0.1) is 11.6 Å². The molecule has 0 saturated heterocycles. The van der Waals surface area contributed by atoms with Gasteiger partial charge >= 0.3 is 0 Å². The molecule has 2 aromatic rings. The van der Waals surface area contributed by atoms with Gasteiger partial charge in [-0.1, -0.05) is 37.3 Å². The number of rotatable bonds is 4. The van der Waals surface area contributed by atoms with Crippen molar-refractivity contribution in [3.63, 3.8) is 0 Å². The van der Waals surface area contributed by atoms with Gasteiger partial charge in [0, 0.05) is 5.92 Å². The number of hydrogen-bond donors (Lipinski definition) is 0. The van der Waals surface area contributed by atoms with Gasteiger partial charge in [-0.05, 0) is 30.2 Å². The van der Waals surface area contributed by atoms with Crippen molar-refractivity contribution in [3.8, 4) is 0 Å². The van der Waals surface area contributed by atoms with Gasteiger partial charge in [0.05, 0.1) is 5.56 Å². The first-order chi connectivity index (χ1) is 9.13. The van der Waals surface area contributed by atoms with E-state index >= 15 is 0 Å². The highest BCUT2D eigenvalue weighted by atomic mass is 19.1. The van der Waals surface area contributed by atoms with Crippen LogP contribution < -0.4 is 0 Å². The summed E-state index contributed by atoms with van der Waals surface area (Å²) in [6.07, 6.45) is 0.540. The lowest BCUT2D eigenvalue weighted by Gasteiger charge is -2.14. The molecule has 2 aromatic carbocycles. The molecule has 98 valence electrons. The third-order valence-electron chi connectivity index (χ3n) is 3.12. The number of hydrogen-bond acceptors (Lipinski definition) is 1. The highest BCUT2D eigenvalue weighted by Gasteiger charge is 2.23. The van der Waals surface area contributed by atoms with Crippen LogP contribution in [0.3, 0.4) is 0 Å². The van der Waals surface area contributed by atoms with Gasteiger partial charge in [-0.15, -0.1) is 0 Å². The fourth-order valence-electron chi connectivity index (χ4n) is 2.13. The van der Waals surface area contributed by atoms with Gasteiger partial charge in [0.1, 0.15) is 11.6 Å². The van der Waals surface area contributed by atoms with Crippen molar-refractivity contribution >= 4 is 5.78 Å². The minimum absolute atomic E-state index is 0.185. The third-order valence-corrected chi connectivity index (χ3v) is 3.12. The first-order valence-corrected chi connectivity index (χ1v) is 6.17. The normalized spacial score (nSPS) is 12.2. The smallest absolute Gasteiger partial charge is 0.173 e. The summed E-state index contributed by atoms with van der Waals surface area (Å²) in [6.45, 7) is 1.85. The van der Waals surface area contributed by atoms with Crippen molar-refractivity contribution < 1.29 is 13.6 Å². The van der Waals surface area contributed by atoms with Crippen LogP contribution in [-0.2, 0) is 0 Å². The zero-order chi connectivity index (χ0) is 13.8. The highest BCUT2D eigenvalue weighted by molar-refractivity contribution is 6.01. The highest BCUT2D eigenvalue weighted by Crippen LogP contribution is 2.25. The number of carbonyl (C=O) groups excluding carboxylic acids is 1. The van der Waals surface area contributed by atoms with E-state index in [0.717, 1.165) is 23.8 Å². The monoisotopic (exact) mass is 260 g/mol. The molecule has 2 rings (SSSR count). The van der Waals surface area contributed by atoms with E-state index in [4.69, 9.17) is 0 Å². The molecule has 0 saturated carbocycles. The maximum absolute atomic E-state index is 13.6. The van der Waals surface area contributed by atoms with Crippen molar-refractivity contribution in [2.45, 2.75) is 19.3 Å². The van der Waals surface area contributed by atoms with Crippen LogP contribution in [0.4, 0.5) is 8.78 Å². The van der Waals surface area contributed by atoms with Crippen molar-refractivity contribution in [3.05, 3.63) is 71.3 Å². The summed E-state index contributed by atoms with van der Waals surface area (Å²) in [6, 6.07) is 12.1. The number of carbonyl (C=O) groups is 1. The molecule has 0 amide bonds. The summed E-state index contributed by atoms with van der Waals surface area (Å²) in [5.74, 6) is -2.11. The minimum Gasteiger partial charge on any atom is -0.293 e. The Hall–Kier alpha value is -2.03. The second-order valence-corrected chi connectivity index (χ2v) is 4.36. The Morgan fingerprint density at radius 1 is 1.11 bits per heavy atom. The molecule has 0 spiro atoms. The van der Waals surface area contributed by atoms with E-state index in [9.17, 15) is 13.6 Å². The zero-order valence-electron chi connectivity index (χ0n) is 10.6. The molecule has 3 heteroatoms. The van der Waals surface area contributed by atoms with Crippen molar-refractivity contribution in [2.75, 3.05) is 0 Å². The van der Waals surface area contributed by atoms with Crippen LogP contribution in [-0.4, -0.2) is 5.78 Å². The molecule has 1 atom stereocenters. The Balaban J connectivity index is 2.39. The van der Waals surface area contributed by atoms with Crippen LogP contribution in [0.5, 0.6) is 0 Å². The van der Waals surface area contributed by atoms with Gasteiger partial charge in [-0.3, -0.25) is 4.79 Å². The molecule has 19 heavy (non-hydrogen) atoms. The summed E-state index contributed by atoms with van der Waals surface area (Å²) in [5.41, 5.74) is 0.634.